The molecule has 1 saturated carbocycles. The van der Waals surface area contributed by atoms with Gasteiger partial charge in [-0.05, 0) is 24.5 Å². The third-order valence-electron chi connectivity index (χ3n) is 3.78. The summed E-state index contributed by atoms with van der Waals surface area (Å²) in [7, 11) is 0. The highest BCUT2D eigenvalue weighted by atomic mass is 35.5. The molecule has 1 aromatic rings. The van der Waals surface area contributed by atoms with Crippen molar-refractivity contribution in [3.05, 3.63) is 34.6 Å². The molecule has 2 N–H and O–H groups in total. The highest BCUT2D eigenvalue weighted by molar-refractivity contribution is 6.31. The quantitative estimate of drug-likeness (QED) is 0.888. The van der Waals surface area contributed by atoms with Crippen molar-refractivity contribution in [2.45, 2.75) is 50.2 Å². The maximum atomic E-state index is 13.3. The molecule has 1 aromatic carbocycles. The molecule has 1 aliphatic carbocycles. The van der Waals surface area contributed by atoms with Gasteiger partial charge in [0, 0.05) is 6.42 Å². The first-order valence-electron chi connectivity index (χ1n) is 6.36. The van der Waals surface area contributed by atoms with Crippen LogP contribution in [0.5, 0.6) is 0 Å². The number of hydrogen-bond acceptors (Lipinski definition) is 2. The summed E-state index contributed by atoms with van der Waals surface area (Å²) in [6, 6.07) is 4.53. The standard InChI is InChI=1S/C14H18ClFO2/c15-13-10(5-4-6-11(13)16)9-12(17)14(18)7-2-1-3-8-14/h4-6,12,17-18H,1-3,7-9H2. The molecule has 0 heterocycles. The Hall–Kier alpha value is -0.640. The SMILES string of the molecule is OC(Cc1cccc(F)c1Cl)C1(O)CCCCC1. The van der Waals surface area contributed by atoms with E-state index in [0.29, 0.717) is 18.4 Å². The van der Waals surface area contributed by atoms with Crippen LogP contribution in [0, 0.1) is 5.82 Å². The predicted molar refractivity (Wildman–Crippen MR) is 69.2 cm³/mol. The molecule has 100 valence electrons. The van der Waals surface area contributed by atoms with E-state index < -0.39 is 17.5 Å². The number of benzene rings is 1. The molecule has 4 heteroatoms. The fraction of sp³-hybridized carbons (Fsp3) is 0.571. The highest BCUT2D eigenvalue weighted by Gasteiger charge is 2.36. The Morgan fingerprint density at radius 1 is 1.28 bits per heavy atom. The largest absolute Gasteiger partial charge is 0.390 e. The van der Waals surface area contributed by atoms with Crippen LogP contribution in [0.4, 0.5) is 4.39 Å². The lowest BCUT2D eigenvalue weighted by molar-refractivity contribution is -0.0960. The molecule has 0 spiro atoms. The summed E-state index contributed by atoms with van der Waals surface area (Å²) < 4.78 is 13.3. The normalized spacial score (nSPS) is 20.7. The summed E-state index contributed by atoms with van der Waals surface area (Å²) >= 11 is 5.85. The maximum Gasteiger partial charge on any atom is 0.142 e. The molecule has 0 bridgehead atoms. The van der Waals surface area contributed by atoms with Gasteiger partial charge in [0.15, 0.2) is 0 Å². The predicted octanol–water partition coefficient (Wildman–Crippen LogP) is 3.08. The number of hydrogen-bond donors (Lipinski definition) is 2. The van der Waals surface area contributed by atoms with E-state index >= 15 is 0 Å². The van der Waals surface area contributed by atoms with Crippen molar-refractivity contribution in [2.24, 2.45) is 0 Å². The van der Waals surface area contributed by atoms with Gasteiger partial charge in [0.05, 0.1) is 16.7 Å². The summed E-state index contributed by atoms with van der Waals surface area (Å²) in [5.74, 6) is -0.489. The molecule has 2 nitrogen and oxygen atoms in total. The van der Waals surface area contributed by atoms with Crippen LogP contribution in [-0.2, 0) is 6.42 Å². The minimum absolute atomic E-state index is 0.0379. The average molecular weight is 273 g/mol. The molecule has 1 unspecified atom stereocenters. The number of halogens is 2. The minimum atomic E-state index is -1.05. The molecule has 18 heavy (non-hydrogen) atoms. The van der Waals surface area contributed by atoms with Crippen molar-refractivity contribution in [2.75, 3.05) is 0 Å². The molecule has 0 radical (unpaired) electrons. The van der Waals surface area contributed by atoms with Gasteiger partial charge >= 0.3 is 0 Å². The van der Waals surface area contributed by atoms with Gasteiger partial charge in [0.25, 0.3) is 0 Å². The fourth-order valence-electron chi connectivity index (χ4n) is 2.60. The summed E-state index contributed by atoms with van der Waals surface area (Å²) in [6.07, 6.45) is 3.43. The Balaban J connectivity index is 2.10. The van der Waals surface area contributed by atoms with E-state index in [-0.39, 0.29) is 11.4 Å². The summed E-state index contributed by atoms with van der Waals surface area (Å²) in [6.45, 7) is 0. The second kappa shape index (κ2) is 5.55. The number of aliphatic hydroxyl groups is 2. The van der Waals surface area contributed by atoms with E-state index in [1.807, 2.05) is 0 Å². The Kier molecular flexibility index (Phi) is 4.25. The number of aliphatic hydroxyl groups excluding tert-OH is 1. The Labute approximate surface area is 111 Å². The first-order chi connectivity index (χ1) is 8.53. The fourth-order valence-corrected chi connectivity index (χ4v) is 2.80. The van der Waals surface area contributed by atoms with Gasteiger partial charge in [0.1, 0.15) is 5.82 Å². The van der Waals surface area contributed by atoms with Crippen LogP contribution in [0.25, 0.3) is 0 Å². The molecular formula is C14H18ClFO2. The van der Waals surface area contributed by atoms with Gasteiger partial charge in [-0.15, -0.1) is 0 Å². The van der Waals surface area contributed by atoms with Crippen LogP contribution in [0.15, 0.2) is 18.2 Å². The van der Waals surface area contributed by atoms with Crippen LogP contribution >= 0.6 is 11.6 Å². The maximum absolute atomic E-state index is 13.3. The van der Waals surface area contributed by atoms with Crippen molar-refractivity contribution in [3.63, 3.8) is 0 Å². The van der Waals surface area contributed by atoms with Crippen LogP contribution in [0.1, 0.15) is 37.7 Å². The van der Waals surface area contributed by atoms with E-state index in [9.17, 15) is 14.6 Å². The zero-order chi connectivity index (χ0) is 13.2. The Morgan fingerprint density at radius 3 is 2.61 bits per heavy atom. The van der Waals surface area contributed by atoms with E-state index in [1.165, 1.54) is 6.07 Å². The molecule has 2 rings (SSSR count). The molecule has 1 aliphatic rings. The van der Waals surface area contributed by atoms with Crippen molar-refractivity contribution in [1.29, 1.82) is 0 Å². The zero-order valence-electron chi connectivity index (χ0n) is 10.2. The summed E-state index contributed by atoms with van der Waals surface area (Å²) in [5, 5.41) is 20.6. The lowest BCUT2D eigenvalue weighted by Gasteiger charge is -2.36. The highest BCUT2D eigenvalue weighted by Crippen LogP contribution is 2.33. The third-order valence-corrected chi connectivity index (χ3v) is 4.21. The second-order valence-electron chi connectivity index (χ2n) is 5.10. The van der Waals surface area contributed by atoms with Gasteiger partial charge in [-0.3, -0.25) is 0 Å². The molecule has 0 amide bonds. The zero-order valence-corrected chi connectivity index (χ0v) is 11.0. The summed E-state index contributed by atoms with van der Waals surface area (Å²) in [5.41, 5.74) is -0.503. The third kappa shape index (κ3) is 2.85. The lowest BCUT2D eigenvalue weighted by Crippen LogP contribution is -2.45. The monoisotopic (exact) mass is 272 g/mol. The van der Waals surface area contributed by atoms with Crippen molar-refractivity contribution in [3.8, 4) is 0 Å². The van der Waals surface area contributed by atoms with E-state index in [2.05, 4.69) is 0 Å². The smallest absolute Gasteiger partial charge is 0.142 e. The Morgan fingerprint density at radius 2 is 1.94 bits per heavy atom. The van der Waals surface area contributed by atoms with Crippen LogP contribution in [0.2, 0.25) is 5.02 Å². The van der Waals surface area contributed by atoms with Crippen LogP contribution < -0.4 is 0 Å². The van der Waals surface area contributed by atoms with Gasteiger partial charge in [-0.1, -0.05) is 43.0 Å². The van der Waals surface area contributed by atoms with Gasteiger partial charge in [-0.2, -0.15) is 0 Å². The minimum Gasteiger partial charge on any atom is -0.390 e. The molecule has 1 fully saturated rings. The van der Waals surface area contributed by atoms with Crippen molar-refractivity contribution >= 4 is 11.6 Å². The summed E-state index contributed by atoms with van der Waals surface area (Å²) in [4.78, 5) is 0. The van der Waals surface area contributed by atoms with Crippen molar-refractivity contribution < 1.29 is 14.6 Å². The second-order valence-corrected chi connectivity index (χ2v) is 5.48. The topological polar surface area (TPSA) is 40.5 Å². The molecule has 0 aliphatic heterocycles. The van der Waals surface area contributed by atoms with Gasteiger partial charge in [-0.25, -0.2) is 4.39 Å². The van der Waals surface area contributed by atoms with Crippen LogP contribution in [0.3, 0.4) is 0 Å². The lowest BCUT2D eigenvalue weighted by atomic mass is 9.79. The van der Waals surface area contributed by atoms with Crippen LogP contribution in [-0.4, -0.2) is 21.9 Å². The first-order valence-corrected chi connectivity index (χ1v) is 6.74. The van der Waals surface area contributed by atoms with E-state index in [4.69, 9.17) is 11.6 Å². The number of rotatable bonds is 3. The molecule has 1 atom stereocenters. The Bertz CT molecular complexity index is 416. The van der Waals surface area contributed by atoms with E-state index in [1.54, 1.807) is 12.1 Å². The molecule has 0 aromatic heterocycles. The van der Waals surface area contributed by atoms with Gasteiger partial charge < -0.3 is 10.2 Å². The molecular weight excluding hydrogens is 255 g/mol. The average Bonchev–Trinajstić information content (AvgIpc) is 2.36. The first kappa shape index (κ1) is 13.8. The van der Waals surface area contributed by atoms with E-state index in [0.717, 1.165) is 19.3 Å². The van der Waals surface area contributed by atoms with Crippen molar-refractivity contribution in [1.82, 2.24) is 0 Å². The molecule has 0 saturated heterocycles. The van der Waals surface area contributed by atoms with Gasteiger partial charge in [0.2, 0.25) is 0 Å².